The number of nitro groups is 1. The Kier molecular flexibility index (Phi) is 6.62. The summed E-state index contributed by atoms with van der Waals surface area (Å²) >= 11 is 0. The van der Waals surface area contributed by atoms with E-state index >= 15 is 0 Å². The van der Waals surface area contributed by atoms with Crippen molar-refractivity contribution in [2.75, 3.05) is 0 Å². The van der Waals surface area contributed by atoms with Crippen LogP contribution < -0.4 is 0 Å². The highest BCUT2D eigenvalue weighted by molar-refractivity contribution is 5.70. The molecule has 0 fully saturated rings. The Labute approximate surface area is 104 Å². The van der Waals surface area contributed by atoms with E-state index in [9.17, 15) is 19.7 Å². The number of carboxylic acid groups (broad SMARTS) is 2. The molecule has 18 heavy (non-hydrogen) atoms. The van der Waals surface area contributed by atoms with E-state index in [1.165, 1.54) is 6.08 Å². The van der Waals surface area contributed by atoms with E-state index in [0.29, 0.717) is 0 Å². The molecule has 0 aliphatic heterocycles. The van der Waals surface area contributed by atoms with E-state index in [2.05, 4.69) is 0 Å². The average Bonchev–Trinajstić information content (AvgIpc) is 2.20. The van der Waals surface area contributed by atoms with Crippen LogP contribution in [-0.4, -0.2) is 27.1 Å². The molecule has 0 bridgehead atoms. The van der Waals surface area contributed by atoms with Crippen LogP contribution >= 0.6 is 0 Å². The largest absolute Gasteiger partial charge is 0.481 e. The molecule has 0 amide bonds. The van der Waals surface area contributed by atoms with Crippen LogP contribution in [0.1, 0.15) is 33.1 Å². The third kappa shape index (κ3) is 5.97. The Morgan fingerprint density at radius 2 is 1.89 bits per heavy atom. The van der Waals surface area contributed by atoms with Crippen molar-refractivity contribution >= 4 is 11.9 Å². The third-order valence-corrected chi connectivity index (χ3v) is 2.52. The fourth-order valence-electron chi connectivity index (χ4n) is 1.43. The second-order valence-corrected chi connectivity index (χ2v) is 4.28. The number of rotatable bonds is 8. The first kappa shape index (κ1) is 16.1. The molecule has 0 aliphatic carbocycles. The zero-order valence-electron chi connectivity index (χ0n) is 10.3. The molecule has 102 valence electrons. The van der Waals surface area contributed by atoms with Gasteiger partial charge in [0.15, 0.2) is 0 Å². The molecule has 0 saturated heterocycles. The SMILES string of the molecule is CC(C)C(C/C(=C/CCC(=O)O)[N+](=O)[O-])C(=O)O. The fourth-order valence-corrected chi connectivity index (χ4v) is 1.43. The molecule has 0 aromatic rings. The Bertz CT molecular complexity index is 361. The molecule has 7 heteroatoms. The van der Waals surface area contributed by atoms with E-state index in [1.807, 2.05) is 0 Å². The van der Waals surface area contributed by atoms with Gasteiger partial charge < -0.3 is 10.2 Å². The summed E-state index contributed by atoms with van der Waals surface area (Å²) in [5.41, 5.74) is -0.239. The van der Waals surface area contributed by atoms with Crippen LogP contribution in [0.4, 0.5) is 0 Å². The predicted molar refractivity (Wildman–Crippen MR) is 62.5 cm³/mol. The minimum absolute atomic E-state index is 0.0239. The van der Waals surface area contributed by atoms with E-state index in [0.717, 1.165) is 0 Å². The van der Waals surface area contributed by atoms with Gasteiger partial charge in [-0.3, -0.25) is 19.7 Å². The highest BCUT2D eigenvalue weighted by Gasteiger charge is 2.27. The maximum absolute atomic E-state index is 10.9. The smallest absolute Gasteiger partial charge is 0.307 e. The van der Waals surface area contributed by atoms with Crippen LogP contribution in [-0.2, 0) is 9.59 Å². The molecule has 2 N–H and O–H groups in total. The Morgan fingerprint density at radius 3 is 2.22 bits per heavy atom. The van der Waals surface area contributed by atoms with E-state index in [1.54, 1.807) is 13.8 Å². The first-order valence-electron chi connectivity index (χ1n) is 5.53. The van der Waals surface area contributed by atoms with Gasteiger partial charge in [0.1, 0.15) is 0 Å². The lowest BCUT2D eigenvalue weighted by atomic mass is 9.91. The van der Waals surface area contributed by atoms with Gasteiger partial charge in [0.25, 0.3) is 0 Å². The van der Waals surface area contributed by atoms with Crippen molar-refractivity contribution in [3.8, 4) is 0 Å². The summed E-state index contributed by atoms with van der Waals surface area (Å²) in [5, 5.41) is 28.1. The molecule has 7 nitrogen and oxygen atoms in total. The molecule has 0 aromatic carbocycles. The second kappa shape index (κ2) is 7.41. The molecule has 1 unspecified atom stereocenters. The summed E-state index contributed by atoms with van der Waals surface area (Å²) in [4.78, 5) is 31.3. The molecule has 0 spiro atoms. The van der Waals surface area contributed by atoms with E-state index in [-0.39, 0.29) is 30.9 Å². The monoisotopic (exact) mass is 259 g/mol. The molecular formula is C11H17NO6. The minimum Gasteiger partial charge on any atom is -0.481 e. The van der Waals surface area contributed by atoms with E-state index < -0.39 is 22.8 Å². The Balaban J connectivity index is 4.75. The summed E-state index contributed by atoms with van der Waals surface area (Å²) in [5.74, 6) is -3.21. The van der Waals surface area contributed by atoms with Gasteiger partial charge in [-0.2, -0.15) is 0 Å². The number of aliphatic carboxylic acids is 2. The first-order chi connectivity index (χ1) is 8.25. The van der Waals surface area contributed by atoms with Crippen LogP contribution in [0.25, 0.3) is 0 Å². The zero-order chi connectivity index (χ0) is 14.3. The first-order valence-corrected chi connectivity index (χ1v) is 5.53. The summed E-state index contributed by atoms with van der Waals surface area (Å²) < 4.78 is 0. The van der Waals surface area contributed by atoms with Crippen molar-refractivity contribution in [2.24, 2.45) is 11.8 Å². The molecular weight excluding hydrogens is 242 g/mol. The lowest BCUT2D eigenvalue weighted by Crippen LogP contribution is -2.22. The fraction of sp³-hybridized carbons (Fsp3) is 0.636. The van der Waals surface area contributed by atoms with Crippen LogP contribution in [0.2, 0.25) is 0 Å². The van der Waals surface area contributed by atoms with Crippen molar-refractivity contribution in [1.82, 2.24) is 0 Å². The van der Waals surface area contributed by atoms with Gasteiger partial charge >= 0.3 is 11.9 Å². The summed E-state index contributed by atoms with van der Waals surface area (Å²) in [6, 6.07) is 0. The van der Waals surface area contributed by atoms with Crippen molar-refractivity contribution in [3.05, 3.63) is 21.9 Å². The number of allylic oxidation sites excluding steroid dienone is 2. The molecule has 0 heterocycles. The Hall–Kier alpha value is -1.92. The van der Waals surface area contributed by atoms with Crippen LogP contribution in [0.3, 0.4) is 0 Å². The zero-order valence-corrected chi connectivity index (χ0v) is 10.3. The minimum atomic E-state index is -1.09. The number of carbonyl (C=O) groups is 2. The van der Waals surface area contributed by atoms with Gasteiger partial charge in [-0.25, -0.2) is 0 Å². The average molecular weight is 259 g/mol. The molecule has 0 rings (SSSR count). The number of hydrogen-bond acceptors (Lipinski definition) is 4. The highest BCUT2D eigenvalue weighted by Crippen LogP contribution is 2.21. The highest BCUT2D eigenvalue weighted by atomic mass is 16.6. The van der Waals surface area contributed by atoms with Crippen LogP contribution in [0.15, 0.2) is 11.8 Å². The third-order valence-electron chi connectivity index (χ3n) is 2.52. The van der Waals surface area contributed by atoms with Crippen molar-refractivity contribution < 1.29 is 24.7 Å². The van der Waals surface area contributed by atoms with Gasteiger partial charge in [-0.1, -0.05) is 13.8 Å². The van der Waals surface area contributed by atoms with Gasteiger partial charge in [-0.05, 0) is 18.4 Å². The van der Waals surface area contributed by atoms with Gasteiger partial charge in [0, 0.05) is 6.42 Å². The predicted octanol–water partition coefficient (Wildman–Crippen LogP) is 1.76. The lowest BCUT2D eigenvalue weighted by Gasteiger charge is -2.14. The lowest BCUT2D eigenvalue weighted by molar-refractivity contribution is -0.429. The molecule has 0 radical (unpaired) electrons. The van der Waals surface area contributed by atoms with Gasteiger partial charge in [-0.15, -0.1) is 0 Å². The van der Waals surface area contributed by atoms with Crippen LogP contribution in [0, 0.1) is 22.0 Å². The molecule has 0 saturated carbocycles. The second-order valence-electron chi connectivity index (χ2n) is 4.28. The van der Waals surface area contributed by atoms with Crippen molar-refractivity contribution in [3.63, 3.8) is 0 Å². The van der Waals surface area contributed by atoms with Crippen molar-refractivity contribution in [1.29, 1.82) is 0 Å². The molecule has 1 atom stereocenters. The Morgan fingerprint density at radius 1 is 1.33 bits per heavy atom. The summed E-state index contributed by atoms with van der Waals surface area (Å²) in [6.07, 6.45) is 0.804. The quantitative estimate of drug-likeness (QED) is 0.506. The number of nitrogens with zero attached hydrogens (tertiary/aromatic N) is 1. The van der Waals surface area contributed by atoms with Gasteiger partial charge in [0.05, 0.1) is 17.3 Å². The maximum atomic E-state index is 10.9. The standard InChI is InChI=1S/C11H17NO6/c1-7(2)9(11(15)16)6-8(12(17)18)4-3-5-10(13)14/h4,7,9H,3,5-6H2,1-2H3,(H,13,14)(H,15,16)/b8-4-. The number of carboxylic acids is 2. The molecule has 0 aliphatic rings. The number of hydrogen-bond donors (Lipinski definition) is 2. The van der Waals surface area contributed by atoms with Gasteiger partial charge in [0.2, 0.25) is 5.70 Å². The summed E-state index contributed by atoms with van der Waals surface area (Å²) in [7, 11) is 0. The topological polar surface area (TPSA) is 118 Å². The molecule has 0 aromatic heterocycles. The van der Waals surface area contributed by atoms with Crippen molar-refractivity contribution in [2.45, 2.75) is 33.1 Å². The maximum Gasteiger partial charge on any atom is 0.307 e. The normalized spacial score (nSPS) is 13.4. The summed E-state index contributed by atoms with van der Waals surface area (Å²) in [6.45, 7) is 3.35. The van der Waals surface area contributed by atoms with Crippen LogP contribution in [0.5, 0.6) is 0 Å². The van der Waals surface area contributed by atoms with E-state index in [4.69, 9.17) is 10.2 Å².